The Balaban J connectivity index is 2.58. The third-order valence-electron chi connectivity index (χ3n) is 3.25. The van der Waals surface area contributed by atoms with Crippen molar-refractivity contribution in [2.45, 2.75) is 70.3 Å². The van der Waals surface area contributed by atoms with E-state index < -0.39 is 11.8 Å². The molecule has 0 N–H and O–H groups in total. The number of ether oxygens (including phenoxy) is 1. The monoisotopic (exact) mass is 224 g/mol. The molecule has 1 fully saturated rings. The molecule has 1 unspecified atom stereocenters. The van der Waals surface area contributed by atoms with Crippen LogP contribution in [0, 0.1) is 0 Å². The van der Waals surface area contributed by atoms with E-state index in [2.05, 4.69) is 0 Å². The molecule has 1 rings (SSSR count). The first-order valence-corrected chi connectivity index (χ1v) is 5.63. The van der Waals surface area contributed by atoms with Crippen molar-refractivity contribution in [3.8, 4) is 0 Å². The highest BCUT2D eigenvalue weighted by molar-refractivity contribution is 4.84. The van der Waals surface area contributed by atoms with Crippen LogP contribution in [0.25, 0.3) is 0 Å². The van der Waals surface area contributed by atoms with Crippen LogP contribution in [-0.2, 0) is 4.74 Å². The summed E-state index contributed by atoms with van der Waals surface area (Å²) in [5.74, 6) is 0. The number of alkyl halides is 3. The Labute approximate surface area is 89.0 Å². The molecule has 90 valence electrons. The van der Waals surface area contributed by atoms with Crippen LogP contribution in [0.4, 0.5) is 13.2 Å². The van der Waals surface area contributed by atoms with Crippen molar-refractivity contribution in [3.63, 3.8) is 0 Å². The van der Waals surface area contributed by atoms with Crippen LogP contribution in [-0.4, -0.2) is 17.9 Å². The molecule has 0 amide bonds. The fraction of sp³-hybridized carbons (Fsp3) is 1.00. The molecular formula is C11H19F3O. The zero-order valence-electron chi connectivity index (χ0n) is 9.36. The molecule has 1 aliphatic carbocycles. The smallest absolute Gasteiger partial charge is 0.363 e. The van der Waals surface area contributed by atoms with Gasteiger partial charge in [-0.3, -0.25) is 0 Å². The van der Waals surface area contributed by atoms with Crippen molar-refractivity contribution in [2.75, 3.05) is 0 Å². The van der Waals surface area contributed by atoms with E-state index in [1.807, 2.05) is 0 Å². The Morgan fingerprint density at radius 2 is 1.67 bits per heavy atom. The minimum absolute atomic E-state index is 0.0208. The molecule has 1 atom stereocenters. The molecule has 0 heterocycles. The summed E-state index contributed by atoms with van der Waals surface area (Å²) in [5, 5.41) is 0. The molecule has 0 aromatic heterocycles. The molecule has 0 aromatic rings. The Morgan fingerprint density at radius 3 is 2.07 bits per heavy atom. The Kier molecular flexibility index (Phi) is 4.04. The standard InChI is InChI=1S/C11H19F3O/c1-3-10(2,11(12,13)14)15-9-7-5-4-6-8-9/h9H,3-8H2,1-2H3. The highest BCUT2D eigenvalue weighted by Gasteiger charge is 2.52. The maximum absolute atomic E-state index is 12.7. The topological polar surface area (TPSA) is 9.23 Å². The van der Waals surface area contributed by atoms with Gasteiger partial charge < -0.3 is 4.74 Å². The van der Waals surface area contributed by atoms with Gasteiger partial charge in [0.15, 0.2) is 5.60 Å². The summed E-state index contributed by atoms with van der Waals surface area (Å²) in [6, 6.07) is 0. The van der Waals surface area contributed by atoms with Crippen LogP contribution in [0.2, 0.25) is 0 Å². The largest absolute Gasteiger partial charge is 0.417 e. The van der Waals surface area contributed by atoms with Gasteiger partial charge in [-0.25, -0.2) is 0 Å². The van der Waals surface area contributed by atoms with Gasteiger partial charge in [0.25, 0.3) is 0 Å². The third kappa shape index (κ3) is 3.10. The molecule has 0 spiro atoms. The lowest BCUT2D eigenvalue weighted by Gasteiger charge is -2.36. The van der Waals surface area contributed by atoms with E-state index >= 15 is 0 Å². The van der Waals surface area contributed by atoms with Crippen LogP contribution < -0.4 is 0 Å². The average Bonchev–Trinajstić information content (AvgIpc) is 2.17. The molecular weight excluding hydrogens is 205 g/mol. The molecule has 4 heteroatoms. The fourth-order valence-corrected chi connectivity index (χ4v) is 1.90. The lowest BCUT2D eigenvalue weighted by atomic mass is 9.95. The zero-order chi connectivity index (χ0) is 11.5. The second kappa shape index (κ2) is 4.73. The number of rotatable bonds is 3. The Morgan fingerprint density at radius 1 is 1.13 bits per heavy atom. The maximum Gasteiger partial charge on any atom is 0.417 e. The van der Waals surface area contributed by atoms with Crippen LogP contribution in [0.3, 0.4) is 0 Å². The molecule has 0 aromatic carbocycles. The normalized spacial score (nSPS) is 23.8. The quantitative estimate of drug-likeness (QED) is 0.702. The van der Waals surface area contributed by atoms with Gasteiger partial charge in [0.1, 0.15) is 0 Å². The van der Waals surface area contributed by atoms with E-state index in [1.165, 1.54) is 6.92 Å². The predicted octanol–water partition coefficient (Wildman–Crippen LogP) is 4.07. The first kappa shape index (κ1) is 12.8. The molecule has 1 saturated carbocycles. The van der Waals surface area contributed by atoms with Gasteiger partial charge in [0.2, 0.25) is 0 Å². The number of halogens is 3. The summed E-state index contributed by atoms with van der Waals surface area (Å²) >= 11 is 0. The lowest BCUT2D eigenvalue weighted by Crippen LogP contribution is -2.47. The number of hydrogen-bond donors (Lipinski definition) is 0. The summed E-state index contributed by atoms with van der Waals surface area (Å²) in [6.45, 7) is 2.68. The van der Waals surface area contributed by atoms with Gasteiger partial charge in [0.05, 0.1) is 6.10 Å². The SMILES string of the molecule is CCC(C)(OC1CCCCC1)C(F)(F)F. The van der Waals surface area contributed by atoms with Crippen molar-refractivity contribution in [3.05, 3.63) is 0 Å². The van der Waals surface area contributed by atoms with Gasteiger partial charge in [-0.1, -0.05) is 26.2 Å². The maximum atomic E-state index is 12.7. The molecule has 0 radical (unpaired) electrons. The van der Waals surface area contributed by atoms with Crippen molar-refractivity contribution >= 4 is 0 Å². The van der Waals surface area contributed by atoms with Crippen LogP contribution in [0.15, 0.2) is 0 Å². The summed E-state index contributed by atoms with van der Waals surface area (Å²) < 4.78 is 43.5. The highest BCUT2D eigenvalue weighted by atomic mass is 19.4. The van der Waals surface area contributed by atoms with E-state index in [0.717, 1.165) is 39.0 Å². The van der Waals surface area contributed by atoms with E-state index in [-0.39, 0.29) is 12.5 Å². The van der Waals surface area contributed by atoms with Crippen molar-refractivity contribution in [1.29, 1.82) is 0 Å². The first-order valence-electron chi connectivity index (χ1n) is 5.63. The van der Waals surface area contributed by atoms with Gasteiger partial charge in [-0.2, -0.15) is 13.2 Å². The lowest BCUT2D eigenvalue weighted by molar-refractivity contribution is -0.287. The molecule has 0 saturated heterocycles. The zero-order valence-corrected chi connectivity index (χ0v) is 9.36. The van der Waals surface area contributed by atoms with E-state index in [4.69, 9.17) is 4.74 Å². The Bertz CT molecular complexity index is 196. The molecule has 1 nitrogen and oxygen atoms in total. The highest BCUT2D eigenvalue weighted by Crippen LogP contribution is 2.38. The van der Waals surface area contributed by atoms with Crippen LogP contribution in [0.5, 0.6) is 0 Å². The molecule has 1 aliphatic rings. The second-order valence-electron chi connectivity index (χ2n) is 4.46. The van der Waals surface area contributed by atoms with E-state index in [9.17, 15) is 13.2 Å². The summed E-state index contributed by atoms with van der Waals surface area (Å²) in [4.78, 5) is 0. The van der Waals surface area contributed by atoms with Gasteiger partial charge >= 0.3 is 6.18 Å². The third-order valence-corrected chi connectivity index (χ3v) is 3.25. The van der Waals surface area contributed by atoms with E-state index in [0.29, 0.717) is 0 Å². The molecule has 0 aliphatic heterocycles. The minimum Gasteiger partial charge on any atom is -0.363 e. The van der Waals surface area contributed by atoms with E-state index in [1.54, 1.807) is 0 Å². The van der Waals surface area contributed by atoms with Gasteiger partial charge in [-0.15, -0.1) is 0 Å². The second-order valence-corrected chi connectivity index (χ2v) is 4.46. The van der Waals surface area contributed by atoms with Crippen LogP contribution >= 0.6 is 0 Å². The fourth-order valence-electron chi connectivity index (χ4n) is 1.90. The summed E-state index contributed by atoms with van der Waals surface area (Å²) in [6.07, 6.45) is 0.147. The average molecular weight is 224 g/mol. The Hall–Kier alpha value is -0.250. The van der Waals surface area contributed by atoms with Crippen molar-refractivity contribution in [1.82, 2.24) is 0 Å². The van der Waals surface area contributed by atoms with Crippen molar-refractivity contribution < 1.29 is 17.9 Å². The van der Waals surface area contributed by atoms with Crippen molar-refractivity contribution in [2.24, 2.45) is 0 Å². The van der Waals surface area contributed by atoms with Gasteiger partial charge in [-0.05, 0) is 26.2 Å². The molecule has 0 bridgehead atoms. The van der Waals surface area contributed by atoms with Gasteiger partial charge in [0, 0.05) is 0 Å². The number of hydrogen-bond acceptors (Lipinski definition) is 1. The summed E-state index contributed by atoms with van der Waals surface area (Å²) in [7, 11) is 0. The first-order chi connectivity index (χ1) is 6.89. The van der Waals surface area contributed by atoms with Crippen LogP contribution in [0.1, 0.15) is 52.4 Å². The predicted molar refractivity (Wildman–Crippen MR) is 52.7 cm³/mol. The summed E-state index contributed by atoms with van der Waals surface area (Å²) in [5.41, 5.74) is -1.96. The minimum atomic E-state index is -4.26. The molecule has 15 heavy (non-hydrogen) atoms.